The van der Waals surface area contributed by atoms with Gasteiger partial charge in [-0.15, -0.1) is 0 Å². The Morgan fingerprint density at radius 2 is 1.27 bits per heavy atom. The third kappa shape index (κ3) is 4.43. The summed E-state index contributed by atoms with van der Waals surface area (Å²) in [5, 5.41) is 0. The Balaban J connectivity index is 1.53. The first-order chi connectivity index (χ1) is 18.0. The van der Waals surface area contributed by atoms with Gasteiger partial charge in [-0.2, -0.15) is 0 Å². The number of hydrogen-bond donors (Lipinski definition) is 0. The van der Waals surface area contributed by atoms with E-state index in [0.29, 0.717) is 28.3 Å². The van der Waals surface area contributed by atoms with Gasteiger partial charge < -0.3 is 9.15 Å². The molecule has 0 aliphatic carbocycles. The predicted octanol–water partition coefficient (Wildman–Crippen LogP) is 5.32. The van der Waals surface area contributed by atoms with Gasteiger partial charge >= 0.3 is 12.0 Å². The number of barbiturate groups is 1. The van der Waals surface area contributed by atoms with E-state index in [1.165, 1.54) is 13.2 Å². The summed E-state index contributed by atoms with van der Waals surface area (Å²) < 4.78 is 10.6. The SMILES string of the molecule is COC(=O)c1ccc(-c2ccc(C=C3C(=O)N(c4ccccc4)C(=O)N(c4ccccc4)C3=O)o2)cc1. The number of ether oxygens (including phenoxy) is 1. The van der Waals surface area contributed by atoms with Crippen LogP contribution in [0.15, 0.2) is 107 Å². The van der Waals surface area contributed by atoms with Crippen LogP contribution in [0.5, 0.6) is 0 Å². The molecule has 8 nitrogen and oxygen atoms in total. The van der Waals surface area contributed by atoms with Gasteiger partial charge in [0, 0.05) is 5.56 Å². The fraction of sp³-hybridized carbons (Fsp3) is 0.0345. The number of imide groups is 2. The van der Waals surface area contributed by atoms with Gasteiger partial charge in [-0.1, -0.05) is 48.5 Å². The summed E-state index contributed by atoms with van der Waals surface area (Å²) in [5.41, 5.74) is 1.52. The molecule has 182 valence electrons. The lowest BCUT2D eigenvalue weighted by atomic mass is 10.1. The highest BCUT2D eigenvalue weighted by molar-refractivity contribution is 6.46. The average molecular weight is 492 g/mol. The summed E-state index contributed by atoms with van der Waals surface area (Å²) in [6.45, 7) is 0. The molecule has 3 aromatic carbocycles. The third-order valence-corrected chi connectivity index (χ3v) is 5.78. The van der Waals surface area contributed by atoms with Crippen LogP contribution in [0, 0.1) is 0 Å². The number of nitrogens with zero attached hydrogens (tertiary/aromatic N) is 2. The van der Waals surface area contributed by atoms with Gasteiger partial charge in [-0.25, -0.2) is 19.4 Å². The Labute approximate surface area is 212 Å². The minimum absolute atomic E-state index is 0.228. The van der Waals surface area contributed by atoms with Crippen molar-refractivity contribution < 1.29 is 28.3 Å². The molecule has 0 N–H and O–H groups in total. The predicted molar refractivity (Wildman–Crippen MR) is 137 cm³/mol. The molecule has 5 rings (SSSR count). The maximum Gasteiger partial charge on any atom is 0.343 e. The number of benzene rings is 3. The molecular formula is C29H20N2O6. The van der Waals surface area contributed by atoms with Crippen LogP contribution in [0.3, 0.4) is 0 Å². The van der Waals surface area contributed by atoms with Crippen molar-refractivity contribution in [2.75, 3.05) is 16.9 Å². The molecule has 1 aliphatic heterocycles. The van der Waals surface area contributed by atoms with E-state index in [4.69, 9.17) is 9.15 Å². The van der Waals surface area contributed by atoms with Crippen molar-refractivity contribution in [2.24, 2.45) is 0 Å². The number of para-hydroxylation sites is 2. The summed E-state index contributed by atoms with van der Waals surface area (Å²) in [6.07, 6.45) is 1.33. The molecule has 0 unspecified atom stereocenters. The monoisotopic (exact) mass is 492 g/mol. The maximum absolute atomic E-state index is 13.4. The molecule has 0 radical (unpaired) electrons. The van der Waals surface area contributed by atoms with Crippen molar-refractivity contribution in [2.45, 2.75) is 0 Å². The number of hydrogen-bond acceptors (Lipinski definition) is 6. The van der Waals surface area contributed by atoms with Crippen LogP contribution in [-0.2, 0) is 14.3 Å². The topological polar surface area (TPSA) is 97.1 Å². The number of furan rings is 1. The van der Waals surface area contributed by atoms with E-state index in [9.17, 15) is 19.2 Å². The van der Waals surface area contributed by atoms with Crippen molar-refractivity contribution in [1.82, 2.24) is 0 Å². The fourth-order valence-electron chi connectivity index (χ4n) is 3.96. The number of methoxy groups -OCH3 is 1. The normalized spacial score (nSPS) is 13.6. The van der Waals surface area contributed by atoms with Gasteiger partial charge in [0.15, 0.2) is 0 Å². The lowest BCUT2D eigenvalue weighted by Crippen LogP contribution is -2.57. The number of carbonyl (C=O) groups excluding carboxylic acids is 4. The average Bonchev–Trinajstić information content (AvgIpc) is 3.41. The van der Waals surface area contributed by atoms with Crippen molar-refractivity contribution in [3.05, 3.63) is 114 Å². The summed E-state index contributed by atoms with van der Waals surface area (Å²) in [6, 6.07) is 26.0. The smallest absolute Gasteiger partial charge is 0.343 e. The number of rotatable bonds is 5. The van der Waals surface area contributed by atoms with Crippen molar-refractivity contribution in [1.29, 1.82) is 0 Å². The summed E-state index contributed by atoms with van der Waals surface area (Å²) >= 11 is 0. The van der Waals surface area contributed by atoms with E-state index in [-0.39, 0.29) is 11.3 Å². The zero-order chi connectivity index (χ0) is 25.9. The maximum atomic E-state index is 13.4. The quantitative estimate of drug-likeness (QED) is 0.213. The van der Waals surface area contributed by atoms with Crippen molar-refractivity contribution in [3.8, 4) is 11.3 Å². The van der Waals surface area contributed by atoms with Crippen molar-refractivity contribution >= 4 is 41.3 Å². The van der Waals surface area contributed by atoms with Crippen LogP contribution in [0.2, 0.25) is 0 Å². The molecule has 1 aromatic heterocycles. The van der Waals surface area contributed by atoms with E-state index in [1.807, 2.05) is 0 Å². The van der Waals surface area contributed by atoms with E-state index in [2.05, 4.69) is 0 Å². The molecule has 0 bridgehead atoms. The minimum atomic E-state index is -0.768. The first kappa shape index (κ1) is 23.5. The summed E-state index contributed by atoms with van der Waals surface area (Å²) in [5.74, 6) is -1.25. The standard InChI is InChI=1S/C29H20N2O6/c1-36-28(34)20-14-12-19(13-15-20)25-17-16-23(37-25)18-24-26(32)30(21-8-4-2-5-9-21)29(35)31(27(24)33)22-10-6-3-7-11-22/h2-18H,1H3. The molecular weight excluding hydrogens is 472 g/mol. The molecule has 2 heterocycles. The van der Waals surface area contributed by atoms with Crippen LogP contribution in [0.25, 0.3) is 17.4 Å². The van der Waals surface area contributed by atoms with Crippen LogP contribution in [0.4, 0.5) is 16.2 Å². The number of amides is 4. The minimum Gasteiger partial charge on any atom is -0.465 e. The lowest BCUT2D eigenvalue weighted by molar-refractivity contribution is -0.121. The molecule has 1 fully saturated rings. The molecule has 0 spiro atoms. The summed E-state index contributed by atoms with van der Waals surface area (Å²) in [4.78, 5) is 53.9. The molecule has 37 heavy (non-hydrogen) atoms. The van der Waals surface area contributed by atoms with E-state index < -0.39 is 23.8 Å². The Morgan fingerprint density at radius 3 is 1.78 bits per heavy atom. The Hall–Kier alpha value is -5.24. The number of esters is 1. The second-order valence-electron chi connectivity index (χ2n) is 8.06. The van der Waals surface area contributed by atoms with Gasteiger partial charge in [-0.3, -0.25) is 9.59 Å². The van der Waals surface area contributed by atoms with Gasteiger partial charge in [-0.05, 0) is 54.6 Å². The number of anilines is 2. The largest absolute Gasteiger partial charge is 0.465 e. The van der Waals surface area contributed by atoms with E-state index >= 15 is 0 Å². The number of carbonyl (C=O) groups is 4. The van der Waals surface area contributed by atoms with E-state index in [0.717, 1.165) is 9.80 Å². The Bertz CT molecular complexity index is 1460. The zero-order valence-electron chi connectivity index (χ0n) is 19.7. The van der Waals surface area contributed by atoms with Crippen molar-refractivity contribution in [3.63, 3.8) is 0 Å². The van der Waals surface area contributed by atoms with Gasteiger partial charge in [0.2, 0.25) is 0 Å². The van der Waals surface area contributed by atoms with Crippen LogP contribution in [-0.4, -0.2) is 30.9 Å². The third-order valence-electron chi connectivity index (χ3n) is 5.78. The Morgan fingerprint density at radius 1 is 0.730 bits per heavy atom. The molecule has 1 aliphatic rings. The van der Waals surface area contributed by atoms with Crippen LogP contribution >= 0.6 is 0 Å². The lowest BCUT2D eigenvalue weighted by Gasteiger charge is -2.33. The highest BCUT2D eigenvalue weighted by atomic mass is 16.5. The van der Waals surface area contributed by atoms with Gasteiger partial charge in [0.05, 0.1) is 24.0 Å². The van der Waals surface area contributed by atoms with Crippen LogP contribution in [0.1, 0.15) is 16.1 Å². The first-order valence-corrected chi connectivity index (χ1v) is 11.3. The first-order valence-electron chi connectivity index (χ1n) is 11.3. The molecule has 8 heteroatoms. The Kier molecular flexibility index (Phi) is 6.22. The molecule has 0 saturated carbocycles. The molecule has 4 aromatic rings. The second kappa shape index (κ2) is 9.79. The molecule has 0 atom stereocenters. The molecule has 4 amide bonds. The zero-order valence-corrected chi connectivity index (χ0v) is 19.7. The number of urea groups is 1. The summed E-state index contributed by atoms with van der Waals surface area (Å²) in [7, 11) is 1.31. The van der Waals surface area contributed by atoms with Crippen LogP contribution < -0.4 is 9.80 Å². The van der Waals surface area contributed by atoms with E-state index in [1.54, 1.807) is 97.1 Å². The fourth-order valence-corrected chi connectivity index (χ4v) is 3.96. The highest BCUT2D eigenvalue weighted by Gasteiger charge is 2.43. The molecule has 1 saturated heterocycles. The second-order valence-corrected chi connectivity index (χ2v) is 8.06. The van der Waals surface area contributed by atoms with Gasteiger partial charge in [0.25, 0.3) is 11.8 Å². The highest BCUT2D eigenvalue weighted by Crippen LogP contribution is 2.30. The van der Waals surface area contributed by atoms with Gasteiger partial charge in [0.1, 0.15) is 17.1 Å².